The normalized spacial score (nSPS) is 40.8. The first-order chi connectivity index (χ1) is 21.6. The number of rotatable bonds is 10. The SMILES string of the molecule is CCC(=O)NCCCCCC(=O)NCCN1C[C@@H](C)C[C@H]2OC3(CC[C@@H]4C(=C3C)C[C@H]3[C@H]4CCC4=C[C@@H](O)CC[C@@]43C)[C@H](C)[C@@H]21. The summed E-state index contributed by atoms with van der Waals surface area (Å²) in [6, 6.07) is 0.402. The van der Waals surface area contributed by atoms with Crippen LogP contribution in [0.4, 0.5) is 0 Å². The number of ether oxygens (including phenoxy) is 1. The van der Waals surface area contributed by atoms with Gasteiger partial charge in [0.05, 0.1) is 17.8 Å². The molecule has 10 atom stereocenters. The Morgan fingerprint density at radius 1 is 1.07 bits per heavy atom. The summed E-state index contributed by atoms with van der Waals surface area (Å²) < 4.78 is 7.30. The molecule has 4 aliphatic carbocycles. The second-order valence-electron chi connectivity index (χ2n) is 16.0. The van der Waals surface area contributed by atoms with Gasteiger partial charge in [-0.2, -0.15) is 0 Å². The molecule has 252 valence electrons. The summed E-state index contributed by atoms with van der Waals surface area (Å²) >= 11 is 0. The van der Waals surface area contributed by atoms with Gasteiger partial charge in [0.2, 0.25) is 11.8 Å². The number of piperidine rings is 1. The van der Waals surface area contributed by atoms with Crippen LogP contribution in [0.5, 0.6) is 0 Å². The maximum Gasteiger partial charge on any atom is 0.220 e. The first kappa shape index (κ1) is 33.2. The van der Waals surface area contributed by atoms with Crippen molar-refractivity contribution in [2.75, 3.05) is 26.2 Å². The summed E-state index contributed by atoms with van der Waals surface area (Å²) in [5, 5.41) is 16.5. The quantitative estimate of drug-likeness (QED) is 0.208. The van der Waals surface area contributed by atoms with Crippen molar-refractivity contribution in [1.82, 2.24) is 15.5 Å². The molecule has 6 aliphatic rings. The number of amides is 2. The lowest BCUT2D eigenvalue weighted by atomic mass is 9.56. The monoisotopic (exact) mass is 623 g/mol. The van der Waals surface area contributed by atoms with Gasteiger partial charge in [-0.3, -0.25) is 14.5 Å². The molecule has 1 spiro atoms. The molecule has 0 aromatic rings. The lowest BCUT2D eigenvalue weighted by Crippen LogP contribution is -2.54. The van der Waals surface area contributed by atoms with Gasteiger partial charge in [0.25, 0.3) is 0 Å². The lowest BCUT2D eigenvalue weighted by Gasteiger charge is -2.49. The number of unbranched alkanes of at least 4 members (excludes halogenated alkanes) is 2. The van der Waals surface area contributed by atoms with E-state index in [-0.39, 0.29) is 35.0 Å². The summed E-state index contributed by atoms with van der Waals surface area (Å²) in [7, 11) is 0. The van der Waals surface area contributed by atoms with Gasteiger partial charge < -0.3 is 20.5 Å². The number of carbonyl (C=O) groups excluding carboxylic acids is 2. The van der Waals surface area contributed by atoms with Crippen molar-refractivity contribution in [2.24, 2.45) is 35.0 Å². The Balaban J connectivity index is 1.08. The molecule has 0 bridgehead atoms. The lowest BCUT2D eigenvalue weighted by molar-refractivity contribution is -0.122. The van der Waals surface area contributed by atoms with E-state index in [1.165, 1.54) is 25.7 Å². The molecule has 2 saturated carbocycles. The zero-order chi connectivity index (χ0) is 31.9. The Labute approximate surface area is 272 Å². The van der Waals surface area contributed by atoms with Crippen LogP contribution in [0.1, 0.15) is 118 Å². The predicted molar refractivity (Wildman–Crippen MR) is 178 cm³/mol. The zero-order valence-corrected chi connectivity index (χ0v) is 28.8. The molecule has 1 unspecified atom stereocenters. The molecule has 7 heteroatoms. The number of aliphatic hydroxyl groups excluding tert-OH is 1. The van der Waals surface area contributed by atoms with E-state index in [9.17, 15) is 14.7 Å². The molecule has 2 aliphatic heterocycles. The third-order valence-corrected chi connectivity index (χ3v) is 13.6. The maximum absolute atomic E-state index is 12.6. The van der Waals surface area contributed by atoms with Crippen molar-refractivity contribution in [3.8, 4) is 0 Å². The minimum absolute atomic E-state index is 0.0951. The van der Waals surface area contributed by atoms with Crippen LogP contribution in [0.25, 0.3) is 0 Å². The zero-order valence-electron chi connectivity index (χ0n) is 28.8. The minimum Gasteiger partial charge on any atom is -0.389 e. The van der Waals surface area contributed by atoms with Gasteiger partial charge >= 0.3 is 0 Å². The summed E-state index contributed by atoms with van der Waals surface area (Å²) in [4.78, 5) is 26.6. The van der Waals surface area contributed by atoms with Crippen LogP contribution in [0, 0.1) is 35.0 Å². The number of hydrogen-bond acceptors (Lipinski definition) is 5. The van der Waals surface area contributed by atoms with E-state index in [4.69, 9.17) is 4.74 Å². The fraction of sp³-hybridized carbons (Fsp3) is 0.842. The number of nitrogens with one attached hydrogen (secondary N) is 2. The van der Waals surface area contributed by atoms with E-state index in [0.717, 1.165) is 64.0 Å². The number of carbonyl (C=O) groups is 2. The van der Waals surface area contributed by atoms with E-state index >= 15 is 0 Å². The number of allylic oxidation sites excluding steroid dienone is 2. The van der Waals surface area contributed by atoms with E-state index in [1.54, 1.807) is 16.7 Å². The van der Waals surface area contributed by atoms with E-state index in [0.29, 0.717) is 55.6 Å². The molecule has 2 heterocycles. The molecule has 0 radical (unpaired) electrons. The van der Waals surface area contributed by atoms with Crippen molar-refractivity contribution in [3.63, 3.8) is 0 Å². The smallest absolute Gasteiger partial charge is 0.220 e. The third kappa shape index (κ3) is 6.20. The summed E-state index contributed by atoms with van der Waals surface area (Å²) in [5.74, 6) is 3.46. The highest BCUT2D eigenvalue weighted by Crippen LogP contribution is 2.65. The highest BCUT2D eigenvalue weighted by molar-refractivity contribution is 5.76. The highest BCUT2D eigenvalue weighted by Gasteiger charge is 2.61. The van der Waals surface area contributed by atoms with E-state index in [2.05, 4.69) is 49.3 Å². The number of fused-ring (bicyclic) bond motifs is 6. The molecule has 6 rings (SSSR count). The molecule has 2 saturated heterocycles. The second-order valence-corrected chi connectivity index (χ2v) is 16.0. The van der Waals surface area contributed by atoms with E-state index < -0.39 is 0 Å². The first-order valence-electron chi connectivity index (χ1n) is 18.6. The van der Waals surface area contributed by atoms with Gasteiger partial charge in [0, 0.05) is 51.0 Å². The Hall–Kier alpha value is -1.70. The number of hydrogen-bond donors (Lipinski definition) is 3. The van der Waals surface area contributed by atoms with Crippen LogP contribution in [0.2, 0.25) is 0 Å². The van der Waals surface area contributed by atoms with E-state index in [1.807, 2.05) is 6.92 Å². The third-order valence-electron chi connectivity index (χ3n) is 13.6. The molecule has 45 heavy (non-hydrogen) atoms. The van der Waals surface area contributed by atoms with Crippen LogP contribution in [-0.4, -0.2) is 71.9 Å². The Bertz CT molecular complexity index is 1180. The van der Waals surface area contributed by atoms with Gasteiger partial charge in [-0.05, 0) is 106 Å². The Morgan fingerprint density at radius 2 is 1.87 bits per heavy atom. The number of likely N-dealkylation sites (tertiary alicyclic amines) is 1. The average Bonchev–Trinajstić information content (AvgIpc) is 3.53. The minimum atomic E-state index is -0.246. The van der Waals surface area contributed by atoms with Crippen molar-refractivity contribution in [1.29, 1.82) is 0 Å². The standard InChI is InChI=1S/C38H61N3O4/c1-6-34(43)39-17-9-7-8-10-35(44)40-18-19-41-23-24(2)20-33-36(41)26(4)38(45-33)16-14-29-30-12-11-27-21-28(42)13-15-37(27,5)32(30)22-31(29)25(38)3/h21,24,26,28-30,32-33,36,42H,6-20,22-23H2,1-5H3,(H,39,43)(H,40,44)/t24-,26+,28-,29-,30-,32-,33+,36-,37-,38?/m0/s1. The molecule has 0 aromatic carbocycles. The number of aliphatic hydroxyl groups is 1. The van der Waals surface area contributed by atoms with Gasteiger partial charge in [-0.1, -0.05) is 51.3 Å². The fourth-order valence-electron chi connectivity index (χ4n) is 11.2. The van der Waals surface area contributed by atoms with Crippen molar-refractivity contribution >= 4 is 11.8 Å². The van der Waals surface area contributed by atoms with Crippen molar-refractivity contribution in [2.45, 2.75) is 142 Å². The fourth-order valence-corrected chi connectivity index (χ4v) is 11.2. The molecule has 2 amide bonds. The van der Waals surface area contributed by atoms with Crippen molar-refractivity contribution in [3.05, 3.63) is 22.8 Å². The Morgan fingerprint density at radius 3 is 2.67 bits per heavy atom. The number of nitrogens with zero attached hydrogens (tertiary/aromatic N) is 1. The molecule has 4 fully saturated rings. The second kappa shape index (κ2) is 13.4. The van der Waals surface area contributed by atoms with Crippen LogP contribution >= 0.6 is 0 Å². The summed E-state index contributed by atoms with van der Waals surface area (Å²) in [6.45, 7) is 15.0. The molecular formula is C38H61N3O4. The highest BCUT2D eigenvalue weighted by atomic mass is 16.5. The predicted octanol–water partition coefficient (Wildman–Crippen LogP) is 5.92. The van der Waals surface area contributed by atoms with Crippen LogP contribution < -0.4 is 10.6 Å². The van der Waals surface area contributed by atoms with Gasteiger partial charge in [0.1, 0.15) is 0 Å². The summed E-state index contributed by atoms with van der Waals surface area (Å²) in [5.41, 5.74) is 4.93. The molecular weight excluding hydrogens is 562 g/mol. The first-order valence-corrected chi connectivity index (χ1v) is 18.6. The molecule has 3 N–H and O–H groups in total. The topological polar surface area (TPSA) is 90.9 Å². The molecule has 0 aromatic heterocycles. The van der Waals surface area contributed by atoms with Crippen molar-refractivity contribution < 1.29 is 19.4 Å². The molecule has 7 nitrogen and oxygen atoms in total. The van der Waals surface area contributed by atoms with Crippen LogP contribution in [0.15, 0.2) is 22.8 Å². The average molecular weight is 624 g/mol. The maximum atomic E-state index is 12.6. The van der Waals surface area contributed by atoms with Crippen LogP contribution in [-0.2, 0) is 14.3 Å². The van der Waals surface area contributed by atoms with Crippen LogP contribution in [0.3, 0.4) is 0 Å². The Kier molecular flexibility index (Phi) is 9.91. The summed E-state index contributed by atoms with van der Waals surface area (Å²) in [6.07, 6.45) is 15.3. The van der Waals surface area contributed by atoms with Gasteiger partial charge in [0.15, 0.2) is 0 Å². The largest absolute Gasteiger partial charge is 0.389 e. The van der Waals surface area contributed by atoms with Gasteiger partial charge in [-0.15, -0.1) is 0 Å². The van der Waals surface area contributed by atoms with Gasteiger partial charge in [-0.25, -0.2) is 0 Å².